The molecule has 0 N–H and O–H groups in total. The Bertz CT molecular complexity index is 797. The molecule has 0 unspecified atom stereocenters. The first-order chi connectivity index (χ1) is 8.91. The van der Waals surface area contributed by atoms with Crippen LogP contribution in [0.5, 0.6) is 0 Å². The van der Waals surface area contributed by atoms with Crippen molar-refractivity contribution in [1.29, 1.82) is 5.26 Å². The summed E-state index contributed by atoms with van der Waals surface area (Å²) < 4.78 is 26.4. The Labute approximate surface area is 110 Å². The van der Waals surface area contributed by atoms with Crippen LogP contribution in [0.15, 0.2) is 24.4 Å². The molecule has 0 saturated carbocycles. The highest BCUT2D eigenvalue weighted by Gasteiger charge is 2.20. The molecule has 7 heteroatoms. The molecule has 0 saturated heterocycles. The lowest BCUT2D eigenvalue weighted by molar-refractivity contribution is 0.112. The quantitative estimate of drug-likeness (QED) is 0.783. The zero-order valence-electron chi connectivity index (χ0n) is 10.4. The van der Waals surface area contributed by atoms with Gasteiger partial charge in [-0.2, -0.15) is 18.0 Å². The van der Waals surface area contributed by atoms with Crippen molar-refractivity contribution in [2.45, 2.75) is 0 Å². The predicted molar refractivity (Wildman–Crippen MR) is 70.0 cm³/mol. The van der Waals surface area contributed by atoms with Crippen molar-refractivity contribution >= 4 is 27.4 Å². The lowest BCUT2D eigenvalue weighted by Crippen LogP contribution is -2.28. The summed E-state index contributed by atoms with van der Waals surface area (Å²) >= 11 is 0. The van der Waals surface area contributed by atoms with Crippen molar-refractivity contribution in [3.63, 3.8) is 0 Å². The molecule has 1 aromatic carbocycles. The second-order valence-corrected chi connectivity index (χ2v) is 6.15. The number of hydrogen-bond donors (Lipinski definition) is 0. The molecule has 0 amide bonds. The summed E-state index contributed by atoms with van der Waals surface area (Å²) in [5.41, 5.74) is 0.975. The highest BCUT2D eigenvalue weighted by Crippen LogP contribution is 2.23. The highest BCUT2D eigenvalue weighted by atomic mass is 32.2. The molecule has 0 aliphatic rings. The van der Waals surface area contributed by atoms with Crippen molar-refractivity contribution in [3.05, 3.63) is 35.5 Å². The van der Waals surface area contributed by atoms with E-state index in [1.165, 1.54) is 38.5 Å². The third kappa shape index (κ3) is 2.01. The lowest BCUT2D eigenvalue weighted by atomic mass is 10.1. The van der Waals surface area contributed by atoms with E-state index in [1.54, 1.807) is 0 Å². The van der Waals surface area contributed by atoms with E-state index in [1.807, 2.05) is 6.07 Å². The molecule has 2 aromatic rings. The molecular formula is C12H11N3O3S. The normalized spacial score (nSPS) is 11.7. The number of carbonyl (C=O) groups is 1. The maximum atomic E-state index is 12.1. The molecule has 0 spiro atoms. The molecule has 1 heterocycles. The van der Waals surface area contributed by atoms with Crippen LogP contribution in [-0.2, 0) is 10.2 Å². The minimum Gasteiger partial charge on any atom is -0.298 e. The predicted octanol–water partition coefficient (Wildman–Crippen LogP) is 0.980. The van der Waals surface area contributed by atoms with Crippen LogP contribution in [0.4, 0.5) is 0 Å². The molecule has 0 fully saturated rings. The van der Waals surface area contributed by atoms with Crippen LogP contribution in [-0.4, -0.2) is 37.1 Å². The van der Waals surface area contributed by atoms with E-state index in [2.05, 4.69) is 0 Å². The van der Waals surface area contributed by atoms with E-state index >= 15 is 0 Å². The van der Waals surface area contributed by atoms with E-state index < -0.39 is 10.2 Å². The SMILES string of the molecule is CN(C)S(=O)(=O)n1cc(C=O)c2cc(C#N)ccc21. The number of rotatable bonds is 3. The summed E-state index contributed by atoms with van der Waals surface area (Å²) in [5.74, 6) is 0. The number of nitrogens with zero attached hydrogens (tertiary/aromatic N) is 3. The van der Waals surface area contributed by atoms with Crippen LogP contribution >= 0.6 is 0 Å². The maximum absolute atomic E-state index is 12.1. The van der Waals surface area contributed by atoms with Crippen LogP contribution < -0.4 is 0 Å². The Morgan fingerprint density at radius 2 is 2.05 bits per heavy atom. The van der Waals surface area contributed by atoms with Gasteiger partial charge in [0.15, 0.2) is 6.29 Å². The van der Waals surface area contributed by atoms with Gasteiger partial charge < -0.3 is 0 Å². The van der Waals surface area contributed by atoms with Crippen LogP contribution in [0, 0.1) is 11.3 Å². The Morgan fingerprint density at radius 3 is 2.58 bits per heavy atom. The third-order valence-electron chi connectivity index (χ3n) is 2.77. The maximum Gasteiger partial charge on any atom is 0.307 e. The fourth-order valence-electron chi connectivity index (χ4n) is 1.76. The van der Waals surface area contributed by atoms with Gasteiger partial charge in [0.05, 0.1) is 17.1 Å². The van der Waals surface area contributed by atoms with E-state index in [4.69, 9.17) is 5.26 Å². The Hall–Kier alpha value is -2.17. The number of aromatic nitrogens is 1. The standard InChI is InChI=1S/C12H11N3O3S/c1-14(2)19(17,18)15-7-10(8-16)11-5-9(6-13)3-4-12(11)15/h3-5,7-8H,1-2H3. The smallest absolute Gasteiger partial charge is 0.298 e. The van der Waals surface area contributed by atoms with Gasteiger partial charge in [-0.1, -0.05) is 0 Å². The van der Waals surface area contributed by atoms with Gasteiger partial charge in [-0.05, 0) is 18.2 Å². The van der Waals surface area contributed by atoms with Gasteiger partial charge in [0.2, 0.25) is 0 Å². The second kappa shape index (κ2) is 4.50. The number of benzene rings is 1. The van der Waals surface area contributed by atoms with Crippen molar-refractivity contribution in [3.8, 4) is 6.07 Å². The van der Waals surface area contributed by atoms with Crippen molar-refractivity contribution in [2.75, 3.05) is 14.1 Å². The van der Waals surface area contributed by atoms with E-state index in [0.717, 1.165) is 8.28 Å². The van der Waals surface area contributed by atoms with Gasteiger partial charge in [-0.3, -0.25) is 4.79 Å². The molecule has 0 aliphatic carbocycles. The van der Waals surface area contributed by atoms with Crippen LogP contribution in [0.25, 0.3) is 10.9 Å². The van der Waals surface area contributed by atoms with Gasteiger partial charge in [0.1, 0.15) is 0 Å². The van der Waals surface area contributed by atoms with Crippen molar-refractivity contribution < 1.29 is 13.2 Å². The molecule has 19 heavy (non-hydrogen) atoms. The molecule has 0 bridgehead atoms. The fourth-order valence-corrected chi connectivity index (χ4v) is 2.76. The Morgan fingerprint density at radius 1 is 1.37 bits per heavy atom. The van der Waals surface area contributed by atoms with E-state index in [9.17, 15) is 13.2 Å². The minimum atomic E-state index is -3.70. The molecule has 0 aliphatic heterocycles. The molecule has 6 nitrogen and oxygen atoms in total. The first kappa shape index (κ1) is 13.3. The molecule has 98 valence electrons. The number of hydrogen-bond acceptors (Lipinski definition) is 4. The van der Waals surface area contributed by atoms with Gasteiger partial charge in [0, 0.05) is 31.2 Å². The molecule has 0 atom stereocenters. The monoisotopic (exact) mass is 277 g/mol. The number of nitriles is 1. The third-order valence-corrected chi connectivity index (χ3v) is 4.49. The lowest BCUT2D eigenvalue weighted by Gasteiger charge is -2.13. The summed E-state index contributed by atoms with van der Waals surface area (Å²) in [7, 11) is -0.888. The Kier molecular flexibility index (Phi) is 3.14. The van der Waals surface area contributed by atoms with Crippen LogP contribution in [0.2, 0.25) is 0 Å². The van der Waals surface area contributed by atoms with Gasteiger partial charge in [-0.15, -0.1) is 0 Å². The second-order valence-electron chi connectivity index (χ2n) is 4.13. The van der Waals surface area contributed by atoms with Gasteiger partial charge in [0.25, 0.3) is 0 Å². The molecule has 2 rings (SSSR count). The topological polar surface area (TPSA) is 83.2 Å². The first-order valence-electron chi connectivity index (χ1n) is 5.35. The number of carbonyl (C=O) groups excluding carboxylic acids is 1. The summed E-state index contributed by atoms with van der Waals surface area (Å²) in [6.45, 7) is 0. The summed E-state index contributed by atoms with van der Waals surface area (Å²) in [6, 6.07) is 6.49. The van der Waals surface area contributed by atoms with Gasteiger partial charge >= 0.3 is 10.2 Å². The van der Waals surface area contributed by atoms with Crippen molar-refractivity contribution in [1.82, 2.24) is 8.28 Å². The first-order valence-corrected chi connectivity index (χ1v) is 6.75. The molecule has 0 radical (unpaired) electrons. The fraction of sp³-hybridized carbons (Fsp3) is 0.167. The van der Waals surface area contributed by atoms with Crippen LogP contribution in [0.3, 0.4) is 0 Å². The molecule has 1 aromatic heterocycles. The van der Waals surface area contributed by atoms with Gasteiger partial charge in [-0.25, -0.2) is 3.97 Å². The largest absolute Gasteiger partial charge is 0.307 e. The summed E-state index contributed by atoms with van der Waals surface area (Å²) in [6.07, 6.45) is 1.83. The minimum absolute atomic E-state index is 0.234. The highest BCUT2D eigenvalue weighted by molar-refractivity contribution is 7.87. The number of fused-ring (bicyclic) bond motifs is 1. The average Bonchev–Trinajstić information content (AvgIpc) is 2.76. The zero-order chi connectivity index (χ0) is 14.2. The van der Waals surface area contributed by atoms with Crippen LogP contribution in [0.1, 0.15) is 15.9 Å². The summed E-state index contributed by atoms with van der Waals surface area (Å²) in [4.78, 5) is 11.0. The number of aldehydes is 1. The van der Waals surface area contributed by atoms with E-state index in [-0.39, 0.29) is 5.56 Å². The zero-order valence-corrected chi connectivity index (χ0v) is 11.2. The average molecular weight is 277 g/mol. The summed E-state index contributed by atoms with van der Waals surface area (Å²) in [5, 5.41) is 9.29. The van der Waals surface area contributed by atoms with E-state index in [0.29, 0.717) is 22.8 Å². The van der Waals surface area contributed by atoms with Crippen molar-refractivity contribution in [2.24, 2.45) is 0 Å². The Balaban J connectivity index is 2.86. The molecular weight excluding hydrogens is 266 g/mol.